The van der Waals surface area contributed by atoms with Crippen molar-refractivity contribution < 1.29 is 14.5 Å². The first-order chi connectivity index (χ1) is 9.88. The molecular weight excluding hydrogens is 269 g/mol. The minimum atomic E-state index is -4.58. The van der Waals surface area contributed by atoms with Crippen LogP contribution < -0.4 is 5.73 Å². The van der Waals surface area contributed by atoms with Gasteiger partial charge in [0.1, 0.15) is 5.82 Å². The van der Waals surface area contributed by atoms with Gasteiger partial charge >= 0.3 is 6.18 Å². The van der Waals surface area contributed by atoms with E-state index < -0.39 is 17.8 Å². The van der Waals surface area contributed by atoms with Crippen molar-refractivity contribution in [1.82, 2.24) is 14.6 Å². The van der Waals surface area contributed by atoms with Crippen LogP contribution >= 0.6 is 0 Å². The minimum Gasteiger partial charge on any atom is -0.382 e. The van der Waals surface area contributed by atoms with Gasteiger partial charge in [0.2, 0.25) is 0 Å². The molecule has 0 amide bonds. The largest absolute Gasteiger partial charge is 0.416 e. The Hall–Kier alpha value is -2.57. The smallest absolute Gasteiger partial charge is 0.382 e. The fourth-order valence-electron chi connectivity index (χ4n) is 1.85. The zero-order chi connectivity index (χ0) is 15.2. The summed E-state index contributed by atoms with van der Waals surface area (Å²) in [5, 5.41) is 4.01. The Bertz CT molecular complexity index is 826. The SMILES string of the molecule is [2H]c1c(-c2cnc3ccc(N)nn23)cccc1C(F)(F)F. The number of hydrogen-bond acceptors (Lipinski definition) is 3. The second kappa shape index (κ2) is 4.22. The van der Waals surface area contributed by atoms with E-state index in [1.54, 1.807) is 12.1 Å². The molecule has 0 saturated heterocycles. The van der Waals surface area contributed by atoms with Gasteiger partial charge in [-0.1, -0.05) is 12.1 Å². The average molecular weight is 279 g/mol. The van der Waals surface area contributed by atoms with Crippen LogP contribution in [0.25, 0.3) is 16.9 Å². The highest BCUT2D eigenvalue weighted by atomic mass is 19.4. The van der Waals surface area contributed by atoms with Crippen molar-refractivity contribution in [3.05, 3.63) is 48.1 Å². The summed E-state index contributed by atoms with van der Waals surface area (Å²) in [5.74, 6) is 0.209. The number of nitrogens with zero attached hydrogens (tertiary/aromatic N) is 3. The van der Waals surface area contributed by atoms with E-state index in [1.807, 2.05) is 0 Å². The van der Waals surface area contributed by atoms with E-state index in [0.29, 0.717) is 5.65 Å². The molecule has 0 radical (unpaired) electrons. The van der Waals surface area contributed by atoms with E-state index in [-0.39, 0.29) is 17.1 Å². The Balaban J connectivity index is 2.26. The molecule has 1 aromatic carbocycles. The van der Waals surface area contributed by atoms with Gasteiger partial charge in [-0.25, -0.2) is 9.50 Å². The third-order valence-electron chi connectivity index (χ3n) is 2.76. The van der Waals surface area contributed by atoms with Gasteiger partial charge in [-0.15, -0.1) is 5.10 Å². The van der Waals surface area contributed by atoms with Gasteiger partial charge in [-0.3, -0.25) is 0 Å². The highest BCUT2D eigenvalue weighted by Crippen LogP contribution is 2.32. The molecule has 0 fully saturated rings. The molecule has 0 aliphatic carbocycles. The maximum Gasteiger partial charge on any atom is 0.416 e. The van der Waals surface area contributed by atoms with Crippen LogP contribution in [0.2, 0.25) is 0 Å². The zero-order valence-electron chi connectivity index (χ0n) is 11.0. The lowest BCUT2D eigenvalue weighted by Crippen LogP contribution is -2.05. The van der Waals surface area contributed by atoms with Gasteiger partial charge in [-0.05, 0) is 24.2 Å². The van der Waals surface area contributed by atoms with E-state index in [2.05, 4.69) is 10.1 Å². The lowest BCUT2D eigenvalue weighted by atomic mass is 10.1. The number of alkyl halides is 3. The quantitative estimate of drug-likeness (QED) is 0.745. The minimum absolute atomic E-state index is 0.0930. The van der Waals surface area contributed by atoms with Crippen LogP contribution in [-0.2, 0) is 6.18 Å². The first-order valence-electron chi connectivity index (χ1n) is 6.15. The Morgan fingerprint density at radius 3 is 2.75 bits per heavy atom. The predicted octanol–water partition coefficient (Wildman–Crippen LogP) is 3.00. The molecule has 0 bridgehead atoms. The van der Waals surface area contributed by atoms with Crippen molar-refractivity contribution in [2.45, 2.75) is 6.18 Å². The lowest BCUT2D eigenvalue weighted by molar-refractivity contribution is -0.137. The normalized spacial score (nSPS) is 12.7. The maximum absolute atomic E-state index is 12.9. The van der Waals surface area contributed by atoms with Gasteiger partial charge in [0.05, 0.1) is 18.8 Å². The van der Waals surface area contributed by atoms with Gasteiger partial charge in [0.15, 0.2) is 5.65 Å². The number of fused-ring (bicyclic) bond motifs is 1. The molecule has 0 spiro atoms. The molecule has 4 nitrogen and oxygen atoms in total. The summed E-state index contributed by atoms with van der Waals surface area (Å²) in [7, 11) is 0. The number of hydrogen-bond donors (Lipinski definition) is 1. The first kappa shape index (κ1) is 11.3. The number of anilines is 1. The summed E-state index contributed by atoms with van der Waals surface area (Å²) in [4.78, 5) is 4.05. The van der Waals surface area contributed by atoms with Crippen LogP contribution in [0, 0.1) is 0 Å². The Kier molecular flexibility index (Phi) is 2.38. The average Bonchev–Trinajstić information content (AvgIpc) is 2.80. The van der Waals surface area contributed by atoms with E-state index in [9.17, 15) is 13.2 Å². The molecule has 3 rings (SSSR count). The number of halogens is 3. The summed E-state index contributed by atoms with van der Waals surface area (Å²) >= 11 is 0. The van der Waals surface area contributed by atoms with E-state index in [1.165, 1.54) is 22.8 Å². The van der Waals surface area contributed by atoms with Gasteiger partial charge in [0, 0.05) is 5.56 Å². The van der Waals surface area contributed by atoms with Crippen molar-refractivity contribution >= 4 is 11.5 Å². The zero-order valence-corrected chi connectivity index (χ0v) is 10.0. The van der Waals surface area contributed by atoms with Gasteiger partial charge < -0.3 is 5.73 Å². The standard InChI is InChI=1S/C13H9F3N4/c14-13(15,16)9-3-1-2-8(6-9)10-7-18-12-5-4-11(17)19-20(10)12/h1-7H,(H2,17,19)/i6D. The number of benzene rings is 1. The third-order valence-corrected chi connectivity index (χ3v) is 2.76. The molecule has 3 aromatic rings. The summed E-state index contributed by atoms with van der Waals surface area (Å²) in [6.45, 7) is 0. The van der Waals surface area contributed by atoms with Gasteiger partial charge in [0.25, 0.3) is 0 Å². The molecule has 7 heteroatoms. The van der Waals surface area contributed by atoms with Crippen LogP contribution in [0.15, 0.2) is 42.6 Å². The van der Waals surface area contributed by atoms with Crippen molar-refractivity contribution in [3.8, 4) is 11.3 Å². The summed E-state index contributed by atoms with van der Waals surface area (Å²) in [5.41, 5.74) is 5.40. The van der Waals surface area contributed by atoms with E-state index >= 15 is 0 Å². The molecule has 2 heterocycles. The summed E-state index contributed by atoms with van der Waals surface area (Å²) < 4.78 is 47.7. The maximum atomic E-state index is 12.9. The molecule has 2 aromatic heterocycles. The topological polar surface area (TPSA) is 56.2 Å². The number of aromatic nitrogens is 3. The Morgan fingerprint density at radius 1 is 1.20 bits per heavy atom. The van der Waals surface area contributed by atoms with Crippen LogP contribution in [0.4, 0.5) is 19.0 Å². The Labute approximate surface area is 113 Å². The molecule has 2 N–H and O–H groups in total. The van der Waals surface area contributed by atoms with E-state index in [0.717, 1.165) is 6.07 Å². The molecule has 0 unspecified atom stereocenters. The number of nitrogen functional groups attached to an aromatic ring is 1. The third kappa shape index (κ3) is 2.07. The fourth-order valence-corrected chi connectivity index (χ4v) is 1.85. The second-order valence-corrected chi connectivity index (χ2v) is 4.15. The van der Waals surface area contributed by atoms with Crippen LogP contribution in [0.1, 0.15) is 6.93 Å². The molecule has 0 saturated carbocycles. The summed E-state index contributed by atoms with van der Waals surface area (Å²) in [6, 6.07) is 6.07. The highest BCUT2D eigenvalue weighted by molar-refractivity contribution is 5.64. The van der Waals surface area contributed by atoms with Crippen molar-refractivity contribution in [2.75, 3.05) is 5.73 Å². The first-order valence-corrected chi connectivity index (χ1v) is 5.65. The molecule has 102 valence electrons. The highest BCUT2D eigenvalue weighted by Gasteiger charge is 2.30. The van der Waals surface area contributed by atoms with Crippen LogP contribution in [0.5, 0.6) is 0 Å². The summed E-state index contributed by atoms with van der Waals surface area (Å²) in [6.07, 6.45) is -3.21. The van der Waals surface area contributed by atoms with Gasteiger partial charge in [-0.2, -0.15) is 13.2 Å². The molecule has 0 atom stereocenters. The lowest BCUT2D eigenvalue weighted by Gasteiger charge is -2.08. The molecular formula is C13H9F3N4. The fraction of sp³-hybridized carbons (Fsp3) is 0.0769. The number of nitrogens with two attached hydrogens (primary N) is 1. The molecule has 20 heavy (non-hydrogen) atoms. The molecule has 0 aliphatic rings. The number of imidazole rings is 1. The van der Waals surface area contributed by atoms with Crippen molar-refractivity contribution in [2.24, 2.45) is 0 Å². The van der Waals surface area contributed by atoms with Crippen LogP contribution in [0.3, 0.4) is 0 Å². The van der Waals surface area contributed by atoms with Crippen LogP contribution in [-0.4, -0.2) is 14.6 Å². The van der Waals surface area contributed by atoms with Crippen molar-refractivity contribution in [3.63, 3.8) is 0 Å². The predicted molar refractivity (Wildman–Crippen MR) is 67.8 cm³/mol. The monoisotopic (exact) mass is 279 g/mol. The number of rotatable bonds is 1. The molecule has 0 aliphatic heterocycles. The van der Waals surface area contributed by atoms with Crippen molar-refractivity contribution in [1.29, 1.82) is 0 Å². The Morgan fingerprint density at radius 2 is 2.00 bits per heavy atom. The van der Waals surface area contributed by atoms with E-state index in [4.69, 9.17) is 7.10 Å². The second-order valence-electron chi connectivity index (χ2n) is 4.15.